The van der Waals surface area contributed by atoms with E-state index in [1.807, 2.05) is 42.5 Å². The average Bonchev–Trinajstić information content (AvgIpc) is 2.57. The number of nitrogens with zero attached hydrogens (tertiary/aromatic N) is 3. The van der Waals surface area contributed by atoms with E-state index in [-0.39, 0.29) is 0 Å². The van der Waals surface area contributed by atoms with Crippen molar-refractivity contribution >= 4 is 29.1 Å². The van der Waals surface area contributed by atoms with Gasteiger partial charge in [-0.15, -0.1) is 0 Å². The van der Waals surface area contributed by atoms with Crippen LogP contribution in [0.15, 0.2) is 61.1 Å². The molecule has 0 atom stereocenters. The van der Waals surface area contributed by atoms with E-state index in [0.717, 1.165) is 17.1 Å². The van der Waals surface area contributed by atoms with Crippen molar-refractivity contribution in [3.05, 3.63) is 71.6 Å². The second-order valence-corrected chi connectivity index (χ2v) is 5.04. The number of halogens is 1. The molecule has 6 heteroatoms. The molecule has 0 unspecified atom stereocenters. The van der Waals surface area contributed by atoms with Crippen LogP contribution in [0.5, 0.6) is 0 Å². The summed E-state index contributed by atoms with van der Waals surface area (Å²) < 4.78 is 0. The zero-order valence-electron chi connectivity index (χ0n) is 11.7. The summed E-state index contributed by atoms with van der Waals surface area (Å²) in [5.41, 5.74) is 2.02. The first kappa shape index (κ1) is 14.3. The molecule has 0 radical (unpaired) electrons. The smallest absolute Gasteiger partial charge is 0.229 e. The highest BCUT2D eigenvalue weighted by molar-refractivity contribution is 6.30. The molecular formula is C16H14ClN5. The number of nitrogens with one attached hydrogen (secondary N) is 2. The van der Waals surface area contributed by atoms with Crippen LogP contribution in [0.4, 0.5) is 17.5 Å². The molecule has 0 aliphatic rings. The highest BCUT2D eigenvalue weighted by atomic mass is 35.5. The van der Waals surface area contributed by atoms with E-state index in [4.69, 9.17) is 11.6 Å². The molecule has 0 aliphatic heterocycles. The Labute approximate surface area is 133 Å². The van der Waals surface area contributed by atoms with Crippen LogP contribution in [0, 0.1) is 0 Å². The summed E-state index contributed by atoms with van der Waals surface area (Å²) >= 11 is 5.87. The molecule has 0 spiro atoms. The zero-order valence-corrected chi connectivity index (χ0v) is 12.5. The molecule has 110 valence electrons. The molecule has 1 aromatic carbocycles. The Kier molecular flexibility index (Phi) is 4.46. The number of pyridine rings is 1. The molecule has 0 fully saturated rings. The van der Waals surface area contributed by atoms with Gasteiger partial charge in [-0.25, -0.2) is 4.98 Å². The van der Waals surface area contributed by atoms with Crippen LogP contribution in [-0.4, -0.2) is 15.0 Å². The first-order chi connectivity index (χ1) is 10.8. The Morgan fingerprint density at radius 3 is 2.45 bits per heavy atom. The normalized spacial score (nSPS) is 10.2. The van der Waals surface area contributed by atoms with E-state index in [1.54, 1.807) is 18.6 Å². The van der Waals surface area contributed by atoms with E-state index >= 15 is 0 Å². The van der Waals surface area contributed by atoms with Crippen LogP contribution in [0.3, 0.4) is 0 Å². The molecule has 0 saturated heterocycles. The monoisotopic (exact) mass is 311 g/mol. The molecule has 2 heterocycles. The quantitative estimate of drug-likeness (QED) is 0.748. The number of anilines is 3. The summed E-state index contributed by atoms with van der Waals surface area (Å²) in [7, 11) is 0. The Bertz CT molecular complexity index is 731. The van der Waals surface area contributed by atoms with Gasteiger partial charge in [-0.3, -0.25) is 4.98 Å². The third-order valence-corrected chi connectivity index (χ3v) is 3.23. The molecule has 3 aromatic rings. The van der Waals surface area contributed by atoms with Crippen molar-refractivity contribution < 1.29 is 0 Å². The van der Waals surface area contributed by atoms with Gasteiger partial charge in [-0.2, -0.15) is 4.98 Å². The highest BCUT2D eigenvalue weighted by Gasteiger charge is 2.00. The fourth-order valence-electron chi connectivity index (χ4n) is 1.87. The SMILES string of the molecule is Clc1ccc(Nc2nccc(NCc3ccncc3)n2)cc1. The summed E-state index contributed by atoms with van der Waals surface area (Å²) in [4.78, 5) is 12.6. The molecule has 5 nitrogen and oxygen atoms in total. The molecule has 0 aliphatic carbocycles. The Hall–Kier alpha value is -2.66. The number of benzene rings is 1. The number of rotatable bonds is 5. The van der Waals surface area contributed by atoms with Crippen LogP contribution >= 0.6 is 11.6 Å². The Morgan fingerprint density at radius 1 is 0.909 bits per heavy atom. The van der Waals surface area contributed by atoms with Gasteiger partial charge in [0.15, 0.2) is 0 Å². The molecule has 3 rings (SSSR count). The first-order valence-corrected chi connectivity index (χ1v) is 7.16. The predicted molar refractivity (Wildman–Crippen MR) is 88.3 cm³/mol. The first-order valence-electron chi connectivity index (χ1n) is 6.78. The minimum Gasteiger partial charge on any atom is -0.366 e. The van der Waals surface area contributed by atoms with Gasteiger partial charge in [-0.05, 0) is 48.0 Å². The van der Waals surface area contributed by atoms with E-state index in [2.05, 4.69) is 25.6 Å². The summed E-state index contributed by atoms with van der Waals surface area (Å²) in [5, 5.41) is 7.09. The molecule has 0 saturated carbocycles. The molecule has 0 bridgehead atoms. The van der Waals surface area contributed by atoms with Gasteiger partial charge in [-0.1, -0.05) is 11.6 Å². The lowest BCUT2D eigenvalue weighted by Gasteiger charge is -2.08. The standard InChI is InChI=1S/C16H14ClN5/c17-13-1-3-14(4-2-13)21-16-19-10-7-15(22-16)20-11-12-5-8-18-9-6-12/h1-10H,11H2,(H2,19,20,21,22). The Balaban J connectivity index is 1.66. The molecular weight excluding hydrogens is 298 g/mol. The van der Waals surface area contributed by atoms with Crippen molar-refractivity contribution in [2.24, 2.45) is 0 Å². The van der Waals surface area contributed by atoms with Crippen molar-refractivity contribution in [1.29, 1.82) is 0 Å². The predicted octanol–water partition coefficient (Wildman–Crippen LogP) is 3.88. The lowest BCUT2D eigenvalue weighted by molar-refractivity contribution is 1.08. The molecule has 2 aromatic heterocycles. The summed E-state index contributed by atoms with van der Waals surface area (Å²) in [6.45, 7) is 0.680. The van der Waals surface area contributed by atoms with Gasteiger partial charge in [0, 0.05) is 35.8 Å². The van der Waals surface area contributed by atoms with Crippen molar-refractivity contribution in [2.75, 3.05) is 10.6 Å². The van der Waals surface area contributed by atoms with Gasteiger partial charge >= 0.3 is 0 Å². The summed E-state index contributed by atoms with van der Waals surface area (Å²) in [5.74, 6) is 1.28. The fourth-order valence-corrected chi connectivity index (χ4v) is 2.00. The number of hydrogen-bond donors (Lipinski definition) is 2. The minimum atomic E-state index is 0.530. The maximum atomic E-state index is 5.87. The van der Waals surface area contributed by atoms with E-state index in [1.165, 1.54) is 0 Å². The van der Waals surface area contributed by atoms with Crippen molar-refractivity contribution in [1.82, 2.24) is 15.0 Å². The zero-order chi connectivity index (χ0) is 15.2. The molecule has 2 N–H and O–H groups in total. The summed E-state index contributed by atoms with van der Waals surface area (Å²) in [6.07, 6.45) is 5.25. The average molecular weight is 312 g/mol. The Morgan fingerprint density at radius 2 is 1.68 bits per heavy atom. The van der Waals surface area contributed by atoms with Crippen molar-refractivity contribution in [2.45, 2.75) is 6.54 Å². The van der Waals surface area contributed by atoms with Crippen molar-refractivity contribution in [3.63, 3.8) is 0 Å². The van der Waals surface area contributed by atoms with Crippen LogP contribution in [0.25, 0.3) is 0 Å². The van der Waals surface area contributed by atoms with Gasteiger partial charge in [0.25, 0.3) is 0 Å². The van der Waals surface area contributed by atoms with Crippen LogP contribution in [0.2, 0.25) is 5.02 Å². The maximum absolute atomic E-state index is 5.87. The number of aromatic nitrogens is 3. The van der Waals surface area contributed by atoms with Gasteiger partial charge in [0.1, 0.15) is 5.82 Å². The topological polar surface area (TPSA) is 62.7 Å². The third-order valence-electron chi connectivity index (χ3n) is 2.98. The maximum Gasteiger partial charge on any atom is 0.229 e. The molecule has 0 amide bonds. The largest absolute Gasteiger partial charge is 0.366 e. The van der Waals surface area contributed by atoms with Crippen LogP contribution < -0.4 is 10.6 Å². The third kappa shape index (κ3) is 3.93. The van der Waals surface area contributed by atoms with Gasteiger partial charge in [0.2, 0.25) is 5.95 Å². The van der Waals surface area contributed by atoms with E-state index in [9.17, 15) is 0 Å². The van der Waals surface area contributed by atoms with Crippen LogP contribution in [0.1, 0.15) is 5.56 Å². The van der Waals surface area contributed by atoms with E-state index in [0.29, 0.717) is 17.5 Å². The second-order valence-electron chi connectivity index (χ2n) is 4.61. The lowest BCUT2D eigenvalue weighted by Crippen LogP contribution is -2.04. The van der Waals surface area contributed by atoms with E-state index < -0.39 is 0 Å². The lowest BCUT2D eigenvalue weighted by atomic mass is 10.3. The summed E-state index contributed by atoms with van der Waals surface area (Å²) in [6, 6.07) is 13.1. The second kappa shape index (κ2) is 6.87. The highest BCUT2D eigenvalue weighted by Crippen LogP contribution is 2.17. The number of hydrogen-bond acceptors (Lipinski definition) is 5. The van der Waals surface area contributed by atoms with Gasteiger partial charge in [0.05, 0.1) is 0 Å². The van der Waals surface area contributed by atoms with Crippen molar-refractivity contribution in [3.8, 4) is 0 Å². The minimum absolute atomic E-state index is 0.530. The van der Waals surface area contributed by atoms with Crippen LogP contribution in [-0.2, 0) is 6.54 Å². The fraction of sp³-hybridized carbons (Fsp3) is 0.0625. The molecule has 22 heavy (non-hydrogen) atoms. The van der Waals surface area contributed by atoms with Gasteiger partial charge < -0.3 is 10.6 Å².